The fraction of sp³-hybridized carbons (Fsp3) is 0.231. The topological polar surface area (TPSA) is 90.1 Å². The van der Waals surface area contributed by atoms with Gasteiger partial charge < -0.3 is 5.32 Å². The molecule has 7 nitrogen and oxygen atoms in total. The van der Waals surface area contributed by atoms with Crippen LogP contribution in [0.5, 0.6) is 0 Å². The van der Waals surface area contributed by atoms with Crippen molar-refractivity contribution in [1.29, 1.82) is 0 Å². The van der Waals surface area contributed by atoms with Gasteiger partial charge in [0.15, 0.2) is 5.69 Å². The molecule has 1 aromatic heterocycles. The number of nitro groups is 1. The number of halogens is 1. The Morgan fingerprint density at radius 3 is 2.71 bits per heavy atom. The number of amides is 1. The molecule has 21 heavy (non-hydrogen) atoms. The Hall–Kier alpha value is -2.41. The molecular formula is C13H13ClN4O3. The minimum atomic E-state index is -0.606. The van der Waals surface area contributed by atoms with Crippen LogP contribution in [0.25, 0.3) is 0 Å². The van der Waals surface area contributed by atoms with Crippen molar-refractivity contribution in [2.75, 3.05) is 5.32 Å². The van der Waals surface area contributed by atoms with E-state index in [2.05, 4.69) is 10.4 Å². The molecule has 0 aliphatic rings. The minimum Gasteiger partial charge on any atom is -0.320 e. The van der Waals surface area contributed by atoms with Gasteiger partial charge in [0, 0.05) is 24.0 Å². The van der Waals surface area contributed by atoms with E-state index in [9.17, 15) is 14.9 Å². The largest absolute Gasteiger partial charge is 0.320 e. The molecule has 0 fully saturated rings. The van der Waals surface area contributed by atoms with Crippen LogP contribution in [0, 0.1) is 10.1 Å². The Kier molecular flexibility index (Phi) is 4.23. The van der Waals surface area contributed by atoms with Crippen LogP contribution >= 0.6 is 11.6 Å². The molecule has 0 radical (unpaired) electrons. The average Bonchev–Trinajstić information content (AvgIpc) is 2.90. The number of nitrogens with zero attached hydrogens (tertiary/aromatic N) is 3. The maximum absolute atomic E-state index is 12.0. The van der Waals surface area contributed by atoms with Gasteiger partial charge in [-0.15, -0.1) is 0 Å². The molecule has 0 saturated heterocycles. The number of aromatic nitrogens is 2. The highest BCUT2D eigenvalue weighted by molar-refractivity contribution is 6.32. The summed E-state index contributed by atoms with van der Waals surface area (Å²) >= 11 is 5.71. The first-order valence-corrected chi connectivity index (χ1v) is 6.56. The summed E-state index contributed by atoms with van der Waals surface area (Å²) in [6, 6.07) is 5.79. The standard InChI is InChI=1S/C13H13ClN4O3/c1-8(2)17-6-5-11(16-17)13(19)15-9-3-4-10(14)12(7-9)18(20)21/h3-8H,1-2H3,(H,15,19). The van der Waals surface area contributed by atoms with Gasteiger partial charge in [0.2, 0.25) is 0 Å². The number of anilines is 1. The number of rotatable bonds is 4. The highest BCUT2D eigenvalue weighted by Crippen LogP contribution is 2.27. The molecule has 1 N–H and O–H groups in total. The monoisotopic (exact) mass is 308 g/mol. The van der Waals surface area contributed by atoms with Gasteiger partial charge in [0.1, 0.15) is 5.02 Å². The van der Waals surface area contributed by atoms with Gasteiger partial charge in [-0.05, 0) is 32.0 Å². The van der Waals surface area contributed by atoms with Crippen molar-refractivity contribution in [2.45, 2.75) is 19.9 Å². The van der Waals surface area contributed by atoms with Crippen molar-refractivity contribution in [3.8, 4) is 0 Å². The highest BCUT2D eigenvalue weighted by Gasteiger charge is 2.15. The summed E-state index contributed by atoms with van der Waals surface area (Å²) in [4.78, 5) is 22.2. The first-order valence-electron chi connectivity index (χ1n) is 6.19. The Labute approximate surface area is 125 Å². The zero-order valence-electron chi connectivity index (χ0n) is 11.4. The first-order chi connectivity index (χ1) is 9.88. The third-order valence-electron chi connectivity index (χ3n) is 2.77. The molecule has 0 aliphatic carbocycles. The summed E-state index contributed by atoms with van der Waals surface area (Å²) in [6.07, 6.45) is 1.70. The third kappa shape index (κ3) is 3.38. The van der Waals surface area contributed by atoms with E-state index in [0.717, 1.165) is 0 Å². The molecule has 0 aliphatic heterocycles. The van der Waals surface area contributed by atoms with Crippen LogP contribution in [0.15, 0.2) is 30.5 Å². The number of carbonyl (C=O) groups is 1. The number of nitro benzene ring substituents is 1. The molecule has 0 bridgehead atoms. The van der Waals surface area contributed by atoms with Crippen LogP contribution in [0.3, 0.4) is 0 Å². The maximum Gasteiger partial charge on any atom is 0.289 e. The average molecular weight is 309 g/mol. The second-order valence-electron chi connectivity index (χ2n) is 4.65. The fourth-order valence-electron chi connectivity index (χ4n) is 1.67. The molecule has 110 valence electrons. The molecule has 0 atom stereocenters. The van der Waals surface area contributed by atoms with Crippen molar-refractivity contribution < 1.29 is 9.72 Å². The van der Waals surface area contributed by atoms with Crippen molar-refractivity contribution in [1.82, 2.24) is 9.78 Å². The lowest BCUT2D eigenvalue weighted by molar-refractivity contribution is -0.384. The summed E-state index contributed by atoms with van der Waals surface area (Å²) in [6.45, 7) is 3.88. The third-order valence-corrected chi connectivity index (χ3v) is 3.09. The molecule has 1 amide bonds. The van der Waals surface area contributed by atoms with E-state index < -0.39 is 10.8 Å². The van der Waals surface area contributed by atoms with Gasteiger partial charge in [-0.1, -0.05) is 11.6 Å². The normalized spacial score (nSPS) is 10.7. The molecule has 2 aromatic rings. The van der Waals surface area contributed by atoms with Crippen LogP contribution in [0.1, 0.15) is 30.4 Å². The zero-order valence-corrected chi connectivity index (χ0v) is 12.2. The van der Waals surface area contributed by atoms with E-state index in [-0.39, 0.29) is 28.1 Å². The van der Waals surface area contributed by atoms with Crippen LogP contribution in [-0.2, 0) is 0 Å². The summed E-state index contributed by atoms with van der Waals surface area (Å²) in [5, 5.41) is 17.5. The highest BCUT2D eigenvalue weighted by atomic mass is 35.5. The van der Waals surface area contributed by atoms with E-state index in [1.807, 2.05) is 13.8 Å². The summed E-state index contributed by atoms with van der Waals surface area (Å²) in [5.74, 6) is -0.439. The van der Waals surface area contributed by atoms with Crippen molar-refractivity contribution in [3.05, 3.63) is 51.3 Å². The maximum atomic E-state index is 12.0. The first kappa shape index (κ1) is 15.0. The van der Waals surface area contributed by atoms with E-state index in [0.29, 0.717) is 0 Å². The summed E-state index contributed by atoms with van der Waals surface area (Å²) in [5.41, 5.74) is 0.263. The lowest BCUT2D eigenvalue weighted by Gasteiger charge is -2.05. The Bertz CT molecular complexity index is 696. The minimum absolute atomic E-state index is 0.0158. The fourth-order valence-corrected chi connectivity index (χ4v) is 1.86. The van der Waals surface area contributed by atoms with Gasteiger partial charge >= 0.3 is 0 Å². The van der Waals surface area contributed by atoms with Crippen LogP contribution in [-0.4, -0.2) is 20.6 Å². The van der Waals surface area contributed by atoms with Gasteiger partial charge in [-0.25, -0.2) is 0 Å². The molecule has 2 rings (SSSR count). The van der Waals surface area contributed by atoms with E-state index >= 15 is 0 Å². The molecule has 1 aromatic carbocycles. The smallest absolute Gasteiger partial charge is 0.289 e. The number of hydrogen-bond donors (Lipinski definition) is 1. The molecule has 0 spiro atoms. The Morgan fingerprint density at radius 1 is 1.43 bits per heavy atom. The molecule has 0 unspecified atom stereocenters. The van der Waals surface area contributed by atoms with E-state index in [1.54, 1.807) is 16.9 Å². The predicted molar refractivity (Wildman–Crippen MR) is 78.7 cm³/mol. The van der Waals surface area contributed by atoms with Gasteiger partial charge in [0.05, 0.1) is 4.92 Å². The summed E-state index contributed by atoms with van der Waals surface area (Å²) < 4.78 is 1.65. The van der Waals surface area contributed by atoms with Crippen molar-refractivity contribution in [3.63, 3.8) is 0 Å². The Morgan fingerprint density at radius 2 is 2.14 bits per heavy atom. The number of nitrogens with one attached hydrogen (secondary N) is 1. The summed E-state index contributed by atoms with van der Waals surface area (Å²) in [7, 11) is 0. The van der Waals surface area contributed by atoms with Gasteiger partial charge in [-0.3, -0.25) is 19.6 Å². The number of carbonyl (C=O) groups excluding carboxylic acids is 1. The van der Waals surface area contributed by atoms with Crippen LogP contribution < -0.4 is 5.32 Å². The number of benzene rings is 1. The van der Waals surface area contributed by atoms with Crippen molar-refractivity contribution >= 4 is 28.9 Å². The molecule has 0 saturated carbocycles. The lowest BCUT2D eigenvalue weighted by Crippen LogP contribution is -2.14. The van der Waals surface area contributed by atoms with Crippen LogP contribution in [0.4, 0.5) is 11.4 Å². The SMILES string of the molecule is CC(C)n1ccc(C(=O)Nc2ccc(Cl)c([N+](=O)[O-])c2)n1. The molecule has 1 heterocycles. The van der Waals surface area contributed by atoms with E-state index in [1.165, 1.54) is 18.2 Å². The predicted octanol–water partition coefficient (Wildman–Crippen LogP) is 3.28. The Balaban J connectivity index is 2.19. The second-order valence-corrected chi connectivity index (χ2v) is 5.06. The number of hydrogen-bond acceptors (Lipinski definition) is 4. The second kappa shape index (κ2) is 5.92. The van der Waals surface area contributed by atoms with E-state index in [4.69, 9.17) is 11.6 Å². The van der Waals surface area contributed by atoms with Gasteiger partial charge in [-0.2, -0.15) is 5.10 Å². The quantitative estimate of drug-likeness (QED) is 0.693. The zero-order chi connectivity index (χ0) is 15.6. The molecular weight excluding hydrogens is 296 g/mol. The lowest BCUT2D eigenvalue weighted by atomic mass is 10.2. The molecule has 8 heteroatoms. The van der Waals surface area contributed by atoms with Crippen molar-refractivity contribution in [2.24, 2.45) is 0 Å². The van der Waals surface area contributed by atoms with Gasteiger partial charge in [0.25, 0.3) is 11.6 Å². The van der Waals surface area contributed by atoms with Crippen LogP contribution in [0.2, 0.25) is 5.02 Å².